The first-order chi connectivity index (χ1) is 11.5. The van der Waals surface area contributed by atoms with Gasteiger partial charge in [0, 0.05) is 24.7 Å². The monoisotopic (exact) mass is 332 g/mol. The van der Waals surface area contributed by atoms with E-state index < -0.39 is 0 Å². The molecular formula is C17H21FN4O2. The summed E-state index contributed by atoms with van der Waals surface area (Å²) in [6.07, 6.45) is 1.79. The molecule has 1 saturated heterocycles. The lowest BCUT2D eigenvalue weighted by Crippen LogP contribution is -2.47. The molecule has 3 rings (SSSR count). The van der Waals surface area contributed by atoms with Gasteiger partial charge in [-0.15, -0.1) is 10.2 Å². The van der Waals surface area contributed by atoms with Crippen LogP contribution in [0.1, 0.15) is 38.5 Å². The van der Waals surface area contributed by atoms with Gasteiger partial charge in [0.2, 0.25) is 11.8 Å². The van der Waals surface area contributed by atoms with Crippen molar-refractivity contribution in [2.45, 2.75) is 38.6 Å². The van der Waals surface area contributed by atoms with E-state index in [1.54, 1.807) is 17.0 Å². The summed E-state index contributed by atoms with van der Waals surface area (Å²) < 4.78 is 18.8. The molecule has 1 unspecified atom stereocenters. The molecule has 2 heterocycles. The predicted octanol–water partition coefficient (Wildman–Crippen LogP) is 3.17. The van der Waals surface area contributed by atoms with Gasteiger partial charge in [0.05, 0.1) is 5.92 Å². The lowest BCUT2D eigenvalue weighted by Gasteiger charge is -2.31. The third kappa shape index (κ3) is 3.72. The van der Waals surface area contributed by atoms with Crippen LogP contribution in [0.2, 0.25) is 0 Å². The molecule has 0 spiro atoms. The molecule has 0 bridgehead atoms. The Morgan fingerprint density at radius 3 is 2.79 bits per heavy atom. The molecule has 1 aliphatic rings. The van der Waals surface area contributed by atoms with Crippen molar-refractivity contribution in [2.24, 2.45) is 0 Å². The molecule has 1 aromatic heterocycles. The van der Waals surface area contributed by atoms with Crippen molar-refractivity contribution in [2.75, 3.05) is 13.1 Å². The molecule has 1 atom stereocenters. The van der Waals surface area contributed by atoms with E-state index in [4.69, 9.17) is 4.42 Å². The summed E-state index contributed by atoms with van der Waals surface area (Å²) in [5.74, 6) is 0.612. The second-order valence-electron chi connectivity index (χ2n) is 6.34. The van der Waals surface area contributed by atoms with Gasteiger partial charge in [0.1, 0.15) is 5.82 Å². The Hall–Kier alpha value is -2.44. The van der Waals surface area contributed by atoms with Gasteiger partial charge in [-0.3, -0.25) is 0 Å². The van der Waals surface area contributed by atoms with E-state index in [2.05, 4.69) is 15.5 Å². The first kappa shape index (κ1) is 16.4. The summed E-state index contributed by atoms with van der Waals surface area (Å²) in [5, 5.41) is 11.1. The van der Waals surface area contributed by atoms with Crippen LogP contribution in [-0.4, -0.2) is 40.3 Å². The third-order valence-corrected chi connectivity index (χ3v) is 4.00. The molecule has 1 fully saturated rings. The first-order valence-corrected chi connectivity index (χ1v) is 8.17. The van der Waals surface area contributed by atoms with E-state index in [1.165, 1.54) is 12.1 Å². The highest BCUT2D eigenvalue weighted by Gasteiger charge is 2.28. The van der Waals surface area contributed by atoms with Crippen molar-refractivity contribution in [1.82, 2.24) is 20.4 Å². The number of likely N-dealkylation sites (tertiary alicyclic amines) is 1. The van der Waals surface area contributed by atoms with Crippen molar-refractivity contribution < 1.29 is 13.6 Å². The number of piperidine rings is 1. The molecule has 128 valence electrons. The second kappa shape index (κ2) is 6.98. The summed E-state index contributed by atoms with van der Waals surface area (Å²) >= 11 is 0. The van der Waals surface area contributed by atoms with E-state index in [9.17, 15) is 9.18 Å². The van der Waals surface area contributed by atoms with Gasteiger partial charge < -0.3 is 14.6 Å². The molecule has 24 heavy (non-hydrogen) atoms. The number of amides is 2. The maximum Gasteiger partial charge on any atom is 0.317 e. The Kier molecular flexibility index (Phi) is 4.78. The van der Waals surface area contributed by atoms with E-state index >= 15 is 0 Å². The normalized spacial score (nSPS) is 18.0. The van der Waals surface area contributed by atoms with Crippen LogP contribution in [0.5, 0.6) is 0 Å². The Bertz CT molecular complexity index is 699. The average Bonchev–Trinajstić information content (AvgIpc) is 3.05. The molecule has 6 nitrogen and oxygen atoms in total. The van der Waals surface area contributed by atoms with Crippen LogP contribution in [0.4, 0.5) is 9.18 Å². The highest BCUT2D eigenvalue weighted by atomic mass is 19.1. The molecule has 1 aliphatic heterocycles. The van der Waals surface area contributed by atoms with Crippen LogP contribution >= 0.6 is 0 Å². The van der Waals surface area contributed by atoms with Gasteiger partial charge in [-0.1, -0.05) is 0 Å². The molecule has 1 N–H and O–H groups in total. The van der Waals surface area contributed by atoms with Crippen LogP contribution < -0.4 is 5.32 Å². The maximum absolute atomic E-state index is 13.0. The quantitative estimate of drug-likeness (QED) is 0.937. The van der Waals surface area contributed by atoms with Crippen molar-refractivity contribution in [3.8, 4) is 11.5 Å². The minimum Gasteiger partial charge on any atom is -0.420 e. The highest BCUT2D eigenvalue weighted by Crippen LogP contribution is 2.28. The SMILES string of the molecule is CC(C)NC(=O)N1CCCC(c2nnc(-c3ccc(F)cc3)o2)C1. The minimum absolute atomic E-state index is 0.0263. The molecule has 2 amide bonds. The zero-order chi connectivity index (χ0) is 17.1. The van der Waals surface area contributed by atoms with Crippen LogP contribution in [0.15, 0.2) is 28.7 Å². The van der Waals surface area contributed by atoms with Gasteiger partial charge in [0.25, 0.3) is 0 Å². The molecule has 2 aromatic rings. The largest absolute Gasteiger partial charge is 0.420 e. The Balaban J connectivity index is 1.70. The fourth-order valence-electron chi connectivity index (χ4n) is 2.81. The number of nitrogens with one attached hydrogen (secondary N) is 1. The number of benzene rings is 1. The van der Waals surface area contributed by atoms with Crippen molar-refractivity contribution in [3.63, 3.8) is 0 Å². The summed E-state index contributed by atoms with van der Waals surface area (Å²) in [6.45, 7) is 5.16. The molecule has 1 aromatic carbocycles. The molecular weight excluding hydrogens is 311 g/mol. The maximum atomic E-state index is 13.0. The number of rotatable bonds is 3. The van der Waals surface area contributed by atoms with E-state index in [1.807, 2.05) is 13.8 Å². The fraction of sp³-hybridized carbons (Fsp3) is 0.471. The van der Waals surface area contributed by atoms with Crippen LogP contribution in [-0.2, 0) is 0 Å². The molecule has 0 saturated carbocycles. The standard InChI is InChI=1S/C17H21FN4O2/c1-11(2)19-17(23)22-9-3-4-13(10-22)16-21-20-15(24-16)12-5-7-14(18)8-6-12/h5-8,11,13H,3-4,9-10H2,1-2H3,(H,19,23). The number of hydrogen-bond donors (Lipinski definition) is 1. The first-order valence-electron chi connectivity index (χ1n) is 8.17. The fourth-order valence-corrected chi connectivity index (χ4v) is 2.81. The molecule has 7 heteroatoms. The summed E-state index contributed by atoms with van der Waals surface area (Å²) in [6, 6.07) is 5.97. The Labute approximate surface area is 140 Å². The highest BCUT2D eigenvalue weighted by molar-refractivity contribution is 5.74. The Morgan fingerprint density at radius 2 is 2.08 bits per heavy atom. The third-order valence-electron chi connectivity index (χ3n) is 4.00. The van der Waals surface area contributed by atoms with Crippen molar-refractivity contribution in [3.05, 3.63) is 36.0 Å². The molecule has 0 radical (unpaired) electrons. The van der Waals surface area contributed by atoms with E-state index in [0.717, 1.165) is 19.4 Å². The van der Waals surface area contributed by atoms with Crippen molar-refractivity contribution >= 4 is 6.03 Å². The number of carbonyl (C=O) groups is 1. The zero-order valence-electron chi connectivity index (χ0n) is 13.8. The van der Waals surface area contributed by atoms with Gasteiger partial charge in [0.15, 0.2) is 0 Å². The summed E-state index contributed by atoms with van der Waals surface area (Å²) in [7, 11) is 0. The number of nitrogens with zero attached hydrogens (tertiary/aromatic N) is 3. The topological polar surface area (TPSA) is 71.3 Å². The van der Waals surface area contributed by atoms with Gasteiger partial charge in [-0.05, 0) is 51.0 Å². The number of halogens is 1. The minimum atomic E-state index is -0.308. The number of carbonyl (C=O) groups excluding carboxylic acids is 1. The lowest BCUT2D eigenvalue weighted by molar-refractivity contribution is 0.172. The smallest absolute Gasteiger partial charge is 0.317 e. The summed E-state index contributed by atoms with van der Waals surface area (Å²) in [4.78, 5) is 13.9. The van der Waals surface area contributed by atoms with E-state index in [-0.39, 0.29) is 23.8 Å². The van der Waals surface area contributed by atoms with Crippen LogP contribution in [0.25, 0.3) is 11.5 Å². The van der Waals surface area contributed by atoms with Gasteiger partial charge in [-0.25, -0.2) is 9.18 Å². The zero-order valence-corrected chi connectivity index (χ0v) is 13.8. The van der Waals surface area contributed by atoms with Crippen LogP contribution in [0, 0.1) is 5.82 Å². The number of aromatic nitrogens is 2. The van der Waals surface area contributed by atoms with E-state index in [0.29, 0.717) is 23.9 Å². The predicted molar refractivity (Wildman–Crippen MR) is 86.9 cm³/mol. The number of urea groups is 1. The van der Waals surface area contributed by atoms with Gasteiger partial charge >= 0.3 is 6.03 Å². The lowest BCUT2D eigenvalue weighted by atomic mass is 9.98. The van der Waals surface area contributed by atoms with Gasteiger partial charge in [-0.2, -0.15) is 0 Å². The second-order valence-corrected chi connectivity index (χ2v) is 6.34. The molecule has 0 aliphatic carbocycles. The summed E-state index contributed by atoms with van der Waals surface area (Å²) in [5.41, 5.74) is 0.681. The van der Waals surface area contributed by atoms with Crippen LogP contribution in [0.3, 0.4) is 0 Å². The van der Waals surface area contributed by atoms with Crippen molar-refractivity contribution in [1.29, 1.82) is 0 Å². The number of hydrogen-bond acceptors (Lipinski definition) is 4. The Morgan fingerprint density at radius 1 is 1.33 bits per heavy atom. The average molecular weight is 332 g/mol.